The quantitative estimate of drug-likeness (QED) is 0.0872. The zero-order chi connectivity index (χ0) is 56.9. The van der Waals surface area contributed by atoms with E-state index in [2.05, 4.69) is 61.6 Å². The molecule has 5 aromatic heterocycles. The lowest BCUT2D eigenvalue weighted by atomic mass is 9.88. The highest BCUT2D eigenvalue weighted by Gasteiger charge is 2.34. The molecule has 0 bridgehead atoms. The average molecular weight is 1120 g/mol. The predicted octanol–water partition coefficient (Wildman–Crippen LogP) is 12.3. The lowest BCUT2D eigenvalue weighted by Crippen LogP contribution is -2.37. The molecule has 10 rings (SSSR count). The van der Waals surface area contributed by atoms with Crippen molar-refractivity contribution in [2.75, 3.05) is 60.4 Å². The van der Waals surface area contributed by atoms with Gasteiger partial charge in [0.05, 0.1) is 40.2 Å². The number of nitrogens with zero attached hydrogens (tertiary/aromatic N) is 6. The first kappa shape index (κ1) is 57.2. The maximum atomic E-state index is 13.1. The largest absolute Gasteiger partial charge is 0.486 e. The van der Waals surface area contributed by atoms with Crippen LogP contribution in [0.5, 0.6) is 11.5 Å². The van der Waals surface area contributed by atoms with E-state index >= 15 is 0 Å². The molecule has 0 aliphatic carbocycles. The number of pyridine rings is 4. The average Bonchev–Trinajstić information content (AvgIpc) is 3.93. The van der Waals surface area contributed by atoms with Gasteiger partial charge in [-0.2, -0.15) is 26.3 Å². The Bertz CT molecular complexity index is 3560. The van der Waals surface area contributed by atoms with Crippen molar-refractivity contribution in [2.45, 2.75) is 38.5 Å². The summed E-state index contributed by atoms with van der Waals surface area (Å²) < 4.78 is 93.9. The van der Waals surface area contributed by atoms with E-state index in [0.717, 1.165) is 50.7 Å². The molecule has 2 aliphatic heterocycles. The zero-order valence-corrected chi connectivity index (χ0v) is 44.0. The number of ether oxygens (including phenoxy) is 3. The molecule has 0 spiro atoms. The summed E-state index contributed by atoms with van der Waals surface area (Å²) in [7, 11) is 0. The summed E-state index contributed by atoms with van der Waals surface area (Å²) in [6.45, 7) is 9.14. The van der Waals surface area contributed by atoms with Crippen molar-refractivity contribution >= 4 is 91.3 Å². The summed E-state index contributed by atoms with van der Waals surface area (Å²) in [4.78, 5) is 58.0. The van der Waals surface area contributed by atoms with E-state index in [0.29, 0.717) is 79.2 Å². The summed E-state index contributed by atoms with van der Waals surface area (Å²) in [6.07, 6.45) is 4.07. The highest BCUT2D eigenvalue weighted by Crippen LogP contribution is 2.34. The van der Waals surface area contributed by atoms with Crippen LogP contribution in [0, 0.1) is 0 Å². The number of fused-ring (bicyclic) bond motifs is 3. The van der Waals surface area contributed by atoms with E-state index < -0.39 is 35.6 Å². The van der Waals surface area contributed by atoms with Crippen molar-refractivity contribution in [1.29, 1.82) is 0 Å². The van der Waals surface area contributed by atoms with E-state index in [1.165, 1.54) is 53.8 Å². The van der Waals surface area contributed by atoms with Crippen LogP contribution in [0.3, 0.4) is 0 Å². The second kappa shape index (κ2) is 25.6. The first-order valence-corrected chi connectivity index (χ1v) is 25.6. The van der Waals surface area contributed by atoms with Gasteiger partial charge in [-0.3, -0.25) is 29.3 Å². The Morgan fingerprint density at radius 1 is 0.600 bits per heavy atom. The number of alkyl halides is 6. The van der Waals surface area contributed by atoms with Gasteiger partial charge < -0.3 is 35.1 Å². The number of morpholine rings is 1. The SMILES string of the molecule is CC(C)(C)c1ccc(/C=C/C(=O)Nc2ccc3c(c2)OCCO3)nc1.O=C(/C=C/c1ccc(C(F)(F)F)nc1)Nc1ccc2cccnc2c1.O=C(/C=C/c1ccc(C(F)(F)F)nc1N1CCOCC1)Nc1ccc2ncsc2c1. The Balaban J connectivity index is 0.000000159. The number of carbonyl (C=O) groups is 3. The van der Waals surface area contributed by atoms with E-state index in [4.69, 9.17) is 14.2 Å². The minimum atomic E-state index is -4.55. The zero-order valence-electron chi connectivity index (χ0n) is 43.1. The summed E-state index contributed by atoms with van der Waals surface area (Å²) >= 11 is 1.46. The molecule has 22 heteroatoms. The van der Waals surface area contributed by atoms with Crippen LogP contribution in [0.1, 0.15) is 54.5 Å². The van der Waals surface area contributed by atoms with E-state index in [1.54, 1.807) is 59.1 Å². The Kier molecular flexibility index (Phi) is 18.3. The lowest BCUT2D eigenvalue weighted by Gasteiger charge is -2.29. The molecule has 3 N–H and O–H groups in total. The number of halogens is 6. The topological polar surface area (TPSA) is 183 Å². The van der Waals surface area contributed by atoms with Crippen LogP contribution in [0.2, 0.25) is 0 Å². The monoisotopic (exact) mass is 1120 g/mol. The van der Waals surface area contributed by atoms with Crippen molar-refractivity contribution in [1.82, 2.24) is 24.9 Å². The van der Waals surface area contributed by atoms with Crippen molar-refractivity contribution in [3.05, 3.63) is 179 Å². The predicted molar refractivity (Wildman–Crippen MR) is 296 cm³/mol. The van der Waals surface area contributed by atoms with E-state index in [1.807, 2.05) is 48.7 Å². The number of aromatic nitrogens is 5. The van der Waals surface area contributed by atoms with Gasteiger partial charge in [-0.05, 0) is 108 Å². The number of anilines is 4. The Labute approximate surface area is 459 Å². The van der Waals surface area contributed by atoms with E-state index in [9.17, 15) is 40.7 Å². The Hall–Kier alpha value is -9.02. The maximum Gasteiger partial charge on any atom is 0.433 e. The van der Waals surface area contributed by atoms with Gasteiger partial charge in [-0.1, -0.05) is 45.0 Å². The van der Waals surface area contributed by atoms with Gasteiger partial charge in [0.15, 0.2) is 11.5 Å². The molecule has 2 aliphatic rings. The standard InChI is InChI=1S/C20H17F3N4O2S.C20H22N2O3.C18H12F3N3O/c21-20(22,23)17-5-1-13(19(26-17)27-7-9-29-10-8-27)2-6-18(28)25-14-3-4-15-16(11-14)30-12-24-15;1-20(2,3)14-4-5-15(21-13-14)7-9-19(23)22-16-6-8-17-18(12-16)25-11-10-24-17;19-18(20,21)16-7-3-12(11-23-16)4-8-17(25)24-14-6-5-13-2-1-9-22-15(13)10-14/h1-6,11-12H,7-10H2,(H,25,28);4-9,12-13H,10-11H2,1-3H3,(H,22,23);1-11H,(H,24,25)/b6-2+;9-7+;8-4+. The summed E-state index contributed by atoms with van der Waals surface area (Å²) in [5, 5.41) is 9.18. The number of hydrogen-bond donors (Lipinski definition) is 3. The Morgan fingerprint density at radius 2 is 1.25 bits per heavy atom. The van der Waals surface area contributed by atoms with Crippen LogP contribution in [0.15, 0.2) is 145 Å². The highest BCUT2D eigenvalue weighted by atomic mass is 32.1. The normalized spacial score (nSPS) is 13.6. The highest BCUT2D eigenvalue weighted by molar-refractivity contribution is 7.16. The molecule has 0 radical (unpaired) electrons. The molecule has 3 aromatic carbocycles. The van der Waals surface area contributed by atoms with Gasteiger partial charge >= 0.3 is 12.4 Å². The minimum Gasteiger partial charge on any atom is -0.486 e. The van der Waals surface area contributed by atoms with Crippen molar-refractivity contribution in [3.8, 4) is 11.5 Å². The number of carbonyl (C=O) groups excluding carboxylic acids is 3. The fourth-order valence-electron chi connectivity index (χ4n) is 7.64. The number of benzene rings is 3. The number of hydrogen-bond acceptors (Lipinski definition) is 13. The van der Waals surface area contributed by atoms with Crippen LogP contribution in [0.25, 0.3) is 39.3 Å². The molecule has 1 saturated heterocycles. The van der Waals surface area contributed by atoms with Crippen LogP contribution < -0.4 is 30.3 Å². The van der Waals surface area contributed by atoms with Crippen LogP contribution in [-0.2, 0) is 36.9 Å². The van der Waals surface area contributed by atoms with Gasteiger partial charge in [-0.25, -0.2) is 9.97 Å². The fraction of sp³-hybridized carbons (Fsp3) is 0.207. The second-order valence-corrected chi connectivity index (χ2v) is 19.6. The smallest absolute Gasteiger partial charge is 0.433 e. The molecule has 0 atom stereocenters. The van der Waals surface area contributed by atoms with Crippen LogP contribution in [0.4, 0.5) is 49.2 Å². The fourth-order valence-corrected chi connectivity index (χ4v) is 8.36. The first-order chi connectivity index (χ1) is 38.2. The summed E-state index contributed by atoms with van der Waals surface area (Å²) in [5.41, 5.74) is 6.00. The van der Waals surface area contributed by atoms with Gasteiger partial charge in [0.1, 0.15) is 30.4 Å². The number of nitrogens with one attached hydrogen (secondary N) is 3. The van der Waals surface area contributed by atoms with E-state index in [-0.39, 0.29) is 17.1 Å². The molecule has 0 unspecified atom stereocenters. The Morgan fingerprint density at radius 3 is 1.93 bits per heavy atom. The second-order valence-electron chi connectivity index (χ2n) is 18.7. The van der Waals surface area contributed by atoms with Gasteiger partial charge in [0, 0.05) is 84.0 Å². The first-order valence-electron chi connectivity index (χ1n) is 24.7. The molecule has 8 aromatic rings. The molecule has 3 amide bonds. The molecule has 1 fully saturated rings. The van der Waals surface area contributed by atoms with Gasteiger partial charge in [-0.15, -0.1) is 11.3 Å². The molecule has 412 valence electrons. The van der Waals surface area contributed by atoms with Crippen molar-refractivity contribution < 1.29 is 54.9 Å². The molecule has 80 heavy (non-hydrogen) atoms. The third-order valence-electron chi connectivity index (χ3n) is 11.8. The van der Waals surface area contributed by atoms with Crippen molar-refractivity contribution in [2.24, 2.45) is 0 Å². The van der Waals surface area contributed by atoms with Crippen LogP contribution >= 0.6 is 11.3 Å². The molecular formula is C58H51F6N9O6S. The minimum absolute atomic E-state index is 0.0604. The summed E-state index contributed by atoms with van der Waals surface area (Å²) in [6, 6.07) is 28.1. The number of thiazole rings is 1. The molecule has 15 nitrogen and oxygen atoms in total. The lowest BCUT2D eigenvalue weighted by molar-refractivity contribution is -0.141. The molecule has 0 saturated carbocycles. The third-order valence-corrected chi connectivity index (χ3v) is 12.6. The van der Waals surface area contributed by atoms with Crippen molar-refractivity contribution in [3.63, 3.8) is 0 Å². The number of rotatable bonds is 10. The van der Waals surface area contributed by atoms with Gasteiger partial charge in [0.2, 0.25) is 17.7 Å². The van der Waals surface area contributed by atoms with Gasteiger partial charge in [0.25, 0.3) is 0 Å². The summed E-state index contributed by atoms with van der Waals surface area (Å²) in [5.74, 6) is 0.499. The third kappa shape index (κ3) is 16.3. The number of amides is 3. The van der Waals surface area contributed by atoms with Crippen LogP contribution in [-0.4, -0.2) is 82.2 Å². The maximum absolute atomic E-state index is 13.1. The molecular weight excluding hydrogens is 1060 g/mol. The molecule has 7 heterocycles.